The van der Waals surface area contributed by atoms with Crippen molar-refractivity contribution in [3.05, 3.63) is 0 Å². The van der Waals surface area contributed by atoms with Gasteiger partial charge >= 0.3 is 0 Å². The average molecular weight is 377 g/mol. The first-order chi connectivity index (χ1) is 13.4. The van der Waals surface area contributed by atoms with Gasteiger partial charge in [-0.3, -0.25) is 0 Å². The topological polar surface area (TPSA) is 0 Å². The molecule has 0 fully saturated rings. The summed E-state index contributed by atoms with van der Waals surface area (Å²) >= 11 is 0. The molecule has 0 amide bonds. The van der Waals surface area contributed by atoms with Crippen LogP contribution in [0.2, 0.25) is 0 Å². The molecule has 0 aliphatic heterocycles. The maximum absolute atomic E-state index is 3.36. The van der Waals surface area contributed by atoms with Crippen molar-refractivity contribution in [2.24, 2.45) is 0 Å². The van der Waals surface area contributed by atoms with Crippen LogP contribution in [-0.4, -0.2) is 0 Å². The van der Waals surface area contributed by atoms with Crippen LogP contribution in [-0.2, 0) is 0 Å². The second-order valence-corrected chi connectivity index (χ2v) is 8.57. The summed E-state index contributed by atoms with van der Waals surface area (Å²) in [4.78, 5) is 0. The molecule has 0 atom stereocenters. The van der Waals surface area contributed by atoms with Gasteiger partial charge in [-0.15, -0.1) is 11.8 Å². The third kappa shape index (κ3) is 25.6. The third-order valence-corrected chi connectivity index (χ3v) is 5.69. The van der Waals surface area contributed by atoms with Gasteiger partial charge in [0.2, 0.25) is 0 Å². The number of unbranched alkanes of at least 4 members (excludes halogenated alkanes) is 21. The minimum Gasteiger partial charge on any atom is -0.103 e. The van der Waals surface area contributed by atoms with Gasteiger partial charge in [-0.2, -0.15) is 0 Å². The van der Waals surface area contributed by atoms with Crippen LogP contribution < -0.4 is 0 Å². The van der Waals surface area contributed by atoms with Crippen molar-refractivity contribution in [3.63, 3.8) is 0 Å². The van der Waals surface area contributed by atoms with E-state index in [1.807, 2.05) is 0 Å². The Hall–Kier alpha value is -0.440. The Morgan fingerprint density at radius 1 is 0.296 bits per heavy atom. The van der Waals surface area contributed by atoms with Crippen molar-refractivity contribution < 1.29 is 0 Å². The predicted molar refractivity (Wildman–Crippen MR) is 125 cm³/mol. The molecular weight excluding hydrogens is 324 g/mol. The monoisotopic (exact) mass is 376 g/mol. The minimum absolute atomic E-state index is 1.12. The Morgan fingerprint density at radius 3 is 0.815 bits per heavy atom. The highest BCUT2D eigenvalue weighted by Gasteiger charge is 1.94. The van der Waals surface area contributed by atoms with Crippen molar-refractivity contribution in [3.8, 4) is 11.8 Å². The van der Waals surface area contributed by atoms with Crippen molar-refractivity contribution in [1.82, 2.24) is 0 Å². The van der Waals surface area contributed by atoms with E-state index in [9.17, 15) is 0 Å². The molecule has 0 saturated heterocycles. The summed E-state index contributed by atoms with van der Waals surface area (Å²) in [5.74, 6) is 6.71. The van der Waals surface area contributed by atoms with Gasteiger partial charge in [0, 0.05) is 12.8 Å². The summed E-state index contributed by atoms with van der Waals surface area (Å²) in [6.07, 6.45) is 32.2. The predicted octanol–water partition coefficient (Wildman–Crippen LogP) is 10.0. The molecule has 0 N–H and O–H groups in total. The van der Waals surface area contributed by atoms with Crippen LogP contribution in [0.1, 0.15) is 162 Å². The van der Waals surface area contributed by atoms with Crippen molar-refractivity contribution in [1.29, 1.82) is 0 Å². The molecule has 0 heterocycles. The molecule has 0 aromatic carbocycles. The zero-order valence-corrected chi connectivity index (χ0v) is 19.3. The van der Waals surface area contributed by atoms with Crippen LogP contribution in [0.3, 0.4) is 0 Å². The van der Waals surface area contributed by atoms with E-state index in [2.05, 4.69) is 25.7 Å². The second-order valence-electron chi connectivity index (χ2n) is 8.57. The van der Waals surface area contributed by atoms with E-state index in [4.69, 9.17) is 0 Å². The van der Waals surface area contributed by atoms with Crippen LogP contribution >= 0.6 is 0 Å². The van der Waals surface area contributed by atoms with Gasteiger partial charge in [0.1, 0.15) is 0 Å². The highest BCUT2D eigenvalue weighted by atomic mass is 14.0. The summed E-state index contributed by atoms with van der Waals surface area (Å²) < 4.78 is 0. The quantitative estimate of drug-likeness (QED) is 0.138. The van der Waals surface area contributed by atoms with E-state index in [1.54, 1.807) is 0 Å². The van der Waals surface area contributed by atoms with Gasteiger partial charge in [-0.1, -0.05) is 136 Å². The highest BCUT2D eigenvalue weighted by molar-refractivity contribution is 4.98. The molecule has 0 bridgehead atoms. The lowest BCUT2D eigenvalue weighted by molar-refractivity contribution is 0.528. The molecule has 0 nitrogen and oxygen atoms in total. The summed E-state index contributed by atoms with van der Waals surface area (Å²) in [5.41, 5.74) is 0. The number of hydrogen-bond donors (Lipinski definition) is 0. The molecule has 0 rings (SSSR count). The summed E-state index contributed by atoms with van der Waals surface area (Å²) in [5, 5.41) is 0. The van der Waals surface area contributed by atoms with Gasteiger partial charge < -0.3 is 0 Å². The van der Waals surface area contributed by atoms with Crippen LogP contribution in [0.5, 0.6) is 0 Å². The molecule has 0 aromatic rings. The Labute approximate surface area is 173 Å². The number of rotatable bonds is 21. The zero-order chi connectivity index (χ0) is 19.7. The van der Waals surface area contributed by atoms with Crippen molar-refractivity contribution in [2.75, 3.05) is 0 Å². The Balaban J connectivity index is 3.04. The Morgan fingerprint density at radius 2 is 0.519 bits per heavy atom. The first-order valence-electron chi connectivity index (χ1n) is 12.9. The second kappa shape index (κ2) is 25.6. The highest BCUT2D eigenvalue weighted by Crippen LogP contribution is 2.14. The first-order valence-corrected chi connectivity index (χ1v) is 12.9. The molecule has 160 valence electrons. The SMILES string of the molecule is CCCCCCC#CCCCCCCCCCCCCCCCCCCC. The standard InChI is InChI=1S/C27H52/c1-3-5-7-9-11-13-15-17-19-21-23-25-27-26-24-22-20-18-16-14-12-10-8-6-4-2/h3-13,15,17-27H2,1-2H3. The fourth-order valence-corrected chi connectivity index (χ4v) is 3.76. The van der Waals surface area contributed by atoms with E-state index in [0.29, 0.717) is 0 Å². The van der Waals surface area contributed by atoms with E-state index >= 15 is 0 Å². The van der Waals surface area contributed by atoms with Gasteiger partial charge in [0.05, 0.1) is 0 Å². The van der Waals surface area contributed by atoms with E-state index in [0.717, 1.165) is 12.8 Å². The van der Waals surface area contributed by atoms with Crippen LogP contribution in [0, 0.1) is 11.8 Å². The van der Waals surface area contributed by atoms with Crippen LogP contribution in [0.4, 0.5) is 0 Å². The molecule has 0 aromatic heterocycles. The molecule has 0 spiro atoms. The maximum atomic E-state index is 3.36. The maximum Gasteiger partial charge on any atom is 0.00886 e. The fourth-order valence-electron chi connectivity index (χ4n) is 3.76. The molecule has 0 radical (unpaired) electrons. The molecular formula is C27H52. The lowest BCUT2D eigenvalue weighted by Crippen LogP contribution is -1.83. The van der Waals surface area contributed by atoms with Gasteiger partial charge in [0.25, 0.3) is 0 Å². The summed E-state index contributed by atoms with van der Waals surface area (Å²) in [6.45, 7) is 4.57. The lowest BCUT2D eigenvalue weighted by atomic mass is 10.0. The molecule has 0 heteroatoms. The van der Waals surface area contributed by atoms with E-state index in [1.165, 1.54) is 135 Å². The fraction of sp³-hybridized carbons (Fsp3) is 0.926. The van der Waals surface area contributed by atoms with Crippen LogP contribution in [0.25, 0.3) is 0 Å². The first kappa shape index (κ1) is 26.6. The van der Waals surface area contributed by atoms with Gasteiger partial charge in [-0.25, -0.2) is 0 Å². The molecule has 0 aliphatic rings. The third-order valence-electron chi connectivity index (χ3n) is 5.69. The smallest absolute Gasteiger partial charge is 0.00886 e. The lowest BCUT2D eigenvalue weighted by Gasteiger charge is -2.03. The van der Waals surface area contributed by atoms with Crippen molar-refractivity contribution >= 4 is 0 Å². The summed E-state index contributed by atoms with van der Waals surface area (Å²) in [6, 6.07) is 0. The largest absolute Gasteiger partial charge is 0.103 e. The van der Waals surface area contributed by atoms with Gasteiger partial charge in [0.15, 0.2) is 0 Å². The minimum atomic E-state index is 1.12. The van der Waals surface area contributed by atoms with Gasteiger partial charge in [-0.05, 0) is 12.8 Å². The molecule has 0 saturated carbocycles. The average Bonchev–Trinajstić information content (AvgIpc) is 2.68. The van der Waals surface area contributed by atoms with E-state index in [-0.39, 0.29) is 0 Å². The number of hydrogen-bond acceptors (Lipinski definition) is 0. The normalized spacial score (nSPS) is 10.7. The van der Waals surface area contributed by atoms with E-state index < -0.39 is 0 Å². The zero-order valence-electron chi connectivity index (χ0n) is 19.3. The van der Waals surface area contributed by atoms with Crippen LogP contribution in [0.15, 0.2) is 0 Å². The Bertz CT molecular complexity index is 306. The molecule has 27 heavy (non-hydrogen) atoms. The summed E-state index contributed by atoms with van der Waals surface area (Å²) in [7, 11) is 0. The Kier molecular flexibility index (Phi) is 25.1. The molecule has 0 aliphatic carbocycles. The molecule has 0 unspecified atom stereocenters. The van der Waals surface area contributed by atoms with Crippen molar-refractivity contribution in [2.45, 2.75) is 162 Å².